The van der Waals surface area contributed by atoms with E-state index in [-0.39, 0.29) is 27.6 Å². The zero-order valence-electron chi connectivity index (χ0n) is 14.2. The van der Waals surface area contributed by atoms with Crippen molar-refractivity contribution in [3.63, 3.8) is 0 Å². The highest BCUT2D eigenvalue weighted by Gasteiger charge is 2.25. The highest BCUT2D eigenvalue weighted by Crippen LogP contribution is 2.34. The molecule has 0 saturated heterocycles. The Morgan fingerprint density at radius 1 is 1.15 bits per heavy atom. The number of amides is 1. The Bertz CT molecular complexity index is 1150. The second kappa shape index (κ2) is 6.81. The summed E-state index contributed by atoms with van der Waals surface area (Å²) in [5.74, 6) is -0.812. The molecule has 0 aliphatic rings. The van der Waals surface area contributed by atoms with Gasteiger partial charge >= 0.3 is 0 Å². The van der Waals surface area contributed by atoms with Crippen LogP contribution < -0.4 is 5.32 Å². The van der Waals surface area contributed by atoms with E-state index in [1.807, 2.05) is 24.3 Å². The zero-order valence-corrected chi connectivity index (χ0v) is 14.9. The smallest absolute Gasteiger partial charge is 0.261 e. The maximum absolute atomic E-state index is 14.3. The number of para-hydroxylation sites is 1. The molecule has 0 spiro atoms. The van der Waals surface area contributed by atoms with Gasteiger partial charge in [-0.3, -0.25) is 9.78 Å². The van der Waals surface area contributed by atoms with Crippen LogP contribution in [0.1, 0.15) is 16.1 Å². The van der Waals surface area contributed by atoms with Crippen LogP contribution in [0.4, 0.5) is 10.1 Å². The van der Waals surface area contributed by atoms with Crippen LogP contribution in [-0.4, -0.2) is 16.0 Å². The van der Waals surface area contributed by atoms with Crippen molar-refractivity contribution >= 4 is 34.1 Å². The average Bonchev–Trinajstić information content (AvgIpc) is 3.03. The van der Waals surface area contributed by atoms with Gasteiger partial charge in [-0.1, -0.05) is 41.0 Å². The minimum atomic E-state index is -0.586. The minimum absolute atomic E-state index is 0.0252. The van der Waals surface area contributed by atoms with Crippen molar-refractivity contribution < 1.29 is 13.7 Å². The predicted molar refractivity (Wildman–Crippen MR) is 101 cm³/mol. The molecular formula is C20H13ClFN3O2. The van der Waals surface area contributed by atoms with E-state index in [1.54, 1.807) is 19.2 Å². The zero-order chi connectivity index (χ0) is 19.0. The molecule has 0 aliphatic carbocycles. The Labute approximate surface area is 158 Å². The van der Waals surface area contributed by atoms with Gasteiger partial charge in [-0.05, 0) is 31.2 Å². The molecule has 134 valence electrons. The van der Waals surface area contributed by atoms with Crippen LogP contribution in [0.2, 0.25) is 5.02 Å². The van der Waals surface area contributed by atoms with Gasteiger partial charge < -0.3 is 9.84 Å². The maximum Gasteiger partial charge on any atom is 0.261 e. The van der Waals surface area contributed by atoms with Crippen molar-refractivity contribution in [1.82, 2.24) is 10.1 Å². The second-order valence-electron chi connectivity index (χ2n) is 5.89. The summed E-state index contributed by atoms with van der Waals surface area (Å²) in [6, 6.07) is 13.4. The van der Waals surface area contributed by atoms with Crippen LogP contribution in [0.25, 0.3) is 22.2 Å². The van der Waals surface area contributed by atoms with Gasteiger partial charge in [0.2, 0.25) is 0 Å². The number of hydrogen-bond donors (Lipinski definition) is 1. The van der Waals surface area contributed by atoms with Crippen molar-refractivity contribution in [3.05, 3.63) is 76.9 Å². The van der Waals surface area contributed by atoms with Gasteiger partial charge in [0.15, 0.2) is 0 Å². The molecule has 0 atom stereocenters. The molecule has 27 heavy (non-hydrogen) atoms. The number of fused-ring (bicyclic) bond motifs is 1. The molecule has 1 amide bonds. The van der Waals surface area contributed by atoms with Crippen molar-refractivity contribution in [2.75, 3.05) is 5.32 Å². The molecule has 0 unspecified atom stereocenters. The number of nitrogens with one attached hydrogen (secondary N) is 1. The first-order chi connectivity index (χ1) is 13.1. The number of pyridine rings is 1. The van der Waals surface area contributed by atoms with Gasteiger partial charge in [0.25, 0.3) is 5.91 Å². The lowest BCUT2D eigenvalue weighted by atomic mass is 10.0. The topological polar surface area (TPSA) is 68.0 Å². The summed E-state index contributed by atoms with van der Waals surface area (Å²) in [6.07, 6.45) is 1.65. The van der Waals surface area contributed by atoms with Crippen LogP contribution in [0.3, 0.4) is 0 Å². The SMILES string of the molecule is Cc1onc(-c2c(F)cccc2Cl)c1C(=O)Nc1cccc2cccnc12. The minimum Gasteiger partial charge on any atom is -0.360 e. The lowest BCUT2D eigenvalue weighted by Gasteiger charge is -2.09. The molecule has 2 aromatic heterocycles. The first-order valence-electron chi connectivity index (χ1n) is 8.12. The molecule has 4 aromatic rings. The molecule has 0 aliphatic heterocycles. The van der Waals surface area contributed by atoms with Gasteiger partial charge in [0.05, 0.1) is 21.8 Å². The van der Waals surface area contributed by atoms with Crippen molar-refractivity contribution in [2.24, 2.45) is 0 Å². The first kappa shape index (κ1) is 17.2. The number of hydrogen-bond acceptors (Lipinski definition) is 4. The van der Waals surface area contributed by atoms with E-state index < -0.39 is 11.7 Å². The summed E-state index contributed by atoms with van der Waals surface area (Å²) in [5.41, 5.74) is 1.38. The van der Waals surface area contributed by atoms with E-state index in [9.17, 15) is 9.18 Å². The number of rotatable bonds is 3. The molecule has 4 rings (SSSR count). The standard InChI is InChI=1S/C20H13ClFN3O2/c1-11-16(19(25-27-11)17-13(21)7-3-8-14(17)22)20(26)24-15-9-2-5-12-6-4-10-23-18(12)15/h2-10H,1H3,(H,24,26). The lowest BCUT2D eigenvalue weighted by molar-refractivity contribution is 0.102. The number of anilines is 1. The summed E-state index contributed by atoms with van der Waals surface area (Å²) in [6.45, 7) is 1.58. The highest BCUT2D eigenvalue weighted by molar-refractivity contribution is 6.33. The van der Waals surface area contributed by atoms with Crippen LogP contribution in [0.5, 0.6) is 0 Å². The second-order valence-corrected chi connectivity index (χ2v) is 6.30. The van der Waals surface area contributed by atoms with E-state index >= 15 is 0 Å². The average molecular weight is 382 g/mol. The quantitative estimate of drug-likeness (QED) is 0.526. The van der Waals surface area contributed by atoms with Gasteiger partial charge in [0, 0.05) is 11.6 Å². The third-order valence-corrected chi connectivity index (χ3v) is 4.49. The summed E-state index contributed by atoms with van der Waals surface area (Å²) in [4.78, 5) is 17.3. The van der Waals surface area contributed by atoms with E-state index in [4.69, 9.17) is 16.1 Å². The molecule has 1 N–H and O–H groups in total. The third kappa shape index (κ3) is 3.04. The Hall–Kier alpha value is -3.25. The van der Waals surface area contributed by atoms with Crippen molar-refractivity contribution in [1.29, 1.82) is 0 Å². The van der Waals surface area contributed by atoms with Gasteiger partial charge in [-0.15, -0.1) is 0 Å². The van der Waals surface area contributed by atoms with Crippen molar-refractivity contribution in [3.8, 4) is 11.3 Å². The molecule has 0 radical (unpaired) electrons. The molecule has 7 heteroatoms. The summed E-state index contributed by atoms with van der Waals surface area (Å²) >= 11 is 6.12. The van der Waals surface area contributed by atoms with Gasteiger partial charge in [0.1, 0.15) is 22.8 Å². The fourth-order valence-electron chi connectivity index (χ4n) is 2.92. The molecular weight excluding hydrogens is 369 g/mol. The van der Waals surface area contributed by atoms with E-state index in [2.05, 4.69) is 15.5 Å². The van der Waals surface area contributed by atoms with Crippen LogP contribution in [-0.2, 0) is 0 Å². The first-order valence-corrected chi connectivity index (χ1v) is 8.50. The number of carbonyl (C=O) groups is 1. The number of aryl methyl sites for hydroxylation is 1. The third-order valence-electron chi connectivity index (χ3n) is 4.17. The fraction of sp³-hybridized carbons (Fsp3) is 0.0500. The molecule has 2 aromatic carbocycles. The highest BCUT2D eigenvalue weighted by atomic mass is 35.5. The molecule has 5 nitrogen and oxygen atoms in total. The fourth-order valence-corrected chi connectivity index (χ4v) is 3.18. The lowest BCUT2D eigenvalue weighted by Crippen LogP contribution is -2.14. The number of nitrogens with zero attached hydrogens (tertiary/aromatic N) is 2. The Balaban J connectivity index is 1.78. The predicted octanol–water partition coefficient (Wildman–Crippen LogP) is 5.24. The largest absolute Gasteiger partial charge is 0.360 e. The Morgan fingerprint density at radius 3 is 2.74 bits per heavy atom. The molecule has 0 saturated carbocycles. The normalized spacial score (nSPS) is 10.9. The molecule has 2 heterocycles. The number of carbonyl (C=O) groups excluding carboxylic acids is 1. The monoisotopic (exact) mass is 381 g/mol. The number of halogens is 2. The Kier molecular flexibility index (Phi) is 4.33. The molecule has 0 bridgehead atoms. The van der Waals surface area contributed by atoms with Crippen LogP contribution in [0.15, 0.2) is 59.3 Å². The molecule has 0 fully saturated rings. The van der Waals surface area contributed by atoms with Gasteiger partial charge in [-0.25, -0.2) is 4.39 Å². The van der Waals surface area contributed by atoms with Crippen LogP contribution in [0, 0.1) is 12.7 Å². The van der Waals surface area contributed by atoms with E-state index in [0.717, 1.165) is 5.39 Å². The van der Waals surface area contributed by atoms with E-state index in [0.29, 0.717) is 11.2 Å². The number of benzene rings is 2. The van der Waals surface area contributed by atoms with Gasteiger partial charge in [-0.2, -0.15) is 0 Å². The van der Waals surface area contributed by atoms with Crippen LogP contribution >= 0.6 is 11.6 Å². The van der Waals surface area contributed by atoms with E-state index in [1.165, 1.54) is 18.2 Å². The van der Waals surface area contributed by atoms with Crippen molar-refractivity contribution in [2.45, 2.75) is 6.92 Å². The maximum atomic E-state index is 14.3. The summed E-state index contributed by atoms with van der Waals surface area (Å²) in [7, 11) is 0. The summed E-state index contributed by atoms with van der Waals surface area (Å²) in [5, 5.41) is 7.69. The number of aromatic nitrogens is 2. The summed E-state index contributed by atoms with van der Waals surface area (Å²) < 4.78 is 19.5. The Morgan fingerprint density at radius 2 is 1.93 bits per heavy atom.